The van der Waals surface area contributed by atoms with Crippen LogP contribution in [0, 0.1) is 0 Å². The molecule has 3 N–H and O–H groups in total. The zero-order valence-corrected chi connectivity index (χ0v) is 43.8. The summed E-state index contributed by atoms with van der Waals surface area (Å²) in [4.78, 5) is 27.3. The molecule has 2 fully saturated rings. The summed E-state index contributed by atoms with van der Waals surface area (Å²) < 4.78 is 57.0. The first-order valence-electron chi connectivity index (χ1n) is 22.6. The summed E-state index contributed by atoms with van der Waals surface area (Å²) in [5.41, 5.74) is 11.6. The number of alkyl halides is 1. The fourth-order valence-electron chi connectivity index (χ4n) is 7.55. The Morgan fingerprint density at radius 1 is 0.603 bits per heavy atom. The summed E-state index contributed by atoms with van der Waals surface area (Å²) in [6, 6.07) is 14.5. The van der Waals surface area contributed by atoms with E-state index in [0.29, 0.717) is 59.2 Å². The number of rotatable bonds is 16. The van der Waals surface area contributed by atoms with E-state index in [-0.39, 0.29) is 24.6 Å². The van der Waals surface area contributed by atoms with E-state index in [1.54, 1.807) is 59.1 Å². The predicted octanol–water partition coefficient (Wildman–Crippen LogP) is 9.60. The molecule has 0 unspecified atom stereocenters. The molecule has 0 radical (unpaired) electrons. The largest absolute Gasteiger partial charge is 0.460 e. The van der Waals surface area contributed by atoms with Crippen molar-refractivity contribution in [3.63, 3.8) is 0 Å². The maximum atomic E-state index is 11.6. The Morgan fingerprint density at radius 3 is 1.37 bits per heavy atom. The lowest BCUT2D eigenvalue weighted by molar-refractivity contribution is 0.133. The molecular weight excluding hydrogens is 984 g/mol. The molecule has 4 aromatic heterocycles. The molecule has 14 nitrogen and oxygen atoms in total. The first-order valence-corrected chi connectivity index (χ1v) is 28.7. The molecule has 8 rings (SSSR count). The highest BCUT2D eigenvalue weighted by Crippen LogP contribution is 2.37. The Balaban J connectivity index is 0.000000212. The Kier molecular flexibility index (Phi) is 21.5. The lowest BCUT2D eigenvalue weighted by Crippen LogP contribution is -2.24. The fraction of sp³-hybridized carbons (Fsp3) is 0.458. The molecule has 2 saturated carbocycles. The number of nitrogens with zero attached hydrogens (tertiary/aromatic N) is 6. The Morgan fingerprint density at radius 2 is 1.00 bits per heavy atom. The maximum Gasteiger partial charge on any atom is 0.316 e. The molecule has 2 aromatic carbocycles. The van der Waals surface area contributed by atoms with Gasteiger partial charge in [0.25, 0.3) is 0 Å². The summed E-state index contributed by atoms with van der Waals surface area (Å²) in [6.07, 6.45) is 20.4. The molecule has 368 valence electrons. The van der Waals surface area contributed by atoms with E-state index in [1.165, 1.54) is 22.5 Å². The minimum absolute atomic E-state index is 0. The number of nitrogens with one attached hydrogen (secondary N) is 1. The third-order valence-electron chi connectivity index (χ3n) is 11.6. The molecule has 2 aliphatic carbocycles. The topological polar surface area (TPSA) is 202 Å². The van der Waals surface area contributed by atoms with E-state index in [9.17, 15) is 16.8 Å². The lowest BCUT2D eigenvalue weighted by atomic mass is 9.88. The molecule has 2 aliphatic rings. The second-order valence-electron chi connectivity index (χ2n) is 16.8. The lowest BCUT2D eigenvalue weighted by Gasteiger charge is -2.27. The molecule has 4 heterocycles. The summed E-state index contributed by atoms with van der Waals surface area (Å²) in [5, 5.41) is 10.0. The number of sulfone groups is 2. The minimum Gasteiger partial charge on any atom is -0.460 e. The summed E-state index contributed by atoms with van der Waals surface area (Å²) in [7, 11) is -6.23. The molecule has 0 aliphatic heterocycles. The zero-order chi connectivity index (χ0) is 47.8. The highest BCUT2D eigenvalue weighted by Gasteiger charge is 2.27. The molecule has 0 saturated heterocycles. The minimum atomic E-state index is -3.16. The van der Waals surface area contributed by atoms with Crippen molar-refractivity contribution in [1.82, 2.24) is 35.2 Å². The number of halogens is 2. The van der Waals surface area contributed by atoms with Crippen molar-refractivity contribution in [1.29, 1.82) is 0 Å². The van der Waals surface area contributed by atoms with E-state index in [4.69, 9.17) is 31.8 Å². The molecule has 0 bridgehead atoms. The smallest absolute Gasteiger partial charge is 0.316 e. The van der Waals surface area contributed by atoms with Crippen molar-refractivity contribution < 1.29 is 26.3 Å². The summed E-state index contributed by atoms with van der Waals surface area (Å²) in [5.74, 6) is 1.53. The van der Waals surface area contributed by atoms with Gasteiger partial charge in [-0.2, -0.15) is 0 Å². The van der Waals surface area contributed by atoms with Crippen molar-refractivity contribution >= 4 is 66.4 Å². The van der Waals surface area contributed by atoms with Crippen LogP contribution in [0.25, 0.3) is 0 Å². The van der Waals surface area contributed by atoms with Crippen LogP contribution in [0.5, 0.6) is 12.0 Å². The first-order chi connectivity index (χ1) is 32.2. The number of thiazole rings is 2. The van der Waals surface area contributed by atoms with Gasteiger partial charge in [0.15, 0.2) is 19.7 Å². The van der Waals surface area contributed by atoms with Crippen molar-refractivity contribution in [2.24, 2.45) is 5.73 Å². The molecular formula is C48H62Cl2N8O6S4. The van der Waals surface area contributed by atoms with Gasteiger partial charge in [0.1, 0.15) is 12.2 Å². The number of aryl methyl sites for hydroxylation is 2. The molecule has 0 atom stereocenters. The van der Waals surface area contributed by atoms with Crippen molar-refractivity contribution in [3.8, 4) is 12.0 Å². The average Bonchev–Trinajstić information content (AvgIpc) is 4.03. The van der Waals surface area contributed by atoms with Crippen LogP contribution in [-0.2, 0) is 58.0 Å². The van der Waals surface area contributed by atoms with Gasteiger partial charge in [-0.1, -0.05) is 38.1 Å². The predicted molar refractivity (Wildman–Crippen MR) is 273 cm³/mol. The number of nitrogens with two attached hydrogens (primary N) is 1. The van der Waals surface area contributed by atoms with Crippen LogP contribution >= 0.6 is 46.7 Å². The van der Waals surface area contributed by atoms with E-state index in [0.717, 1.165) is 97.8 Å². The van der Waals surface area contributed by atoms with Gasteiger partial charge >= 0.3 is 12.0 Å². The molecule has 68 heavy (non-hydrogen) atoms. The van der Waals surface area contributed by atoms with Gasteiger partial charge in [0, 0.05) is 79.5 Å². The number of benzene rings is 2. The zero-order valence-electron chi connectivity index (χ0n) is 38.9. The quantitative estimate of drug-likeness (QED) is 0.0868. The third-order valence-corrected chi connectivity index (χ3v) is 16.3. The van der Waals surface area contributed by atoms with E-state index in [1.807, 2.05) is 36.9 Å². The van der Waals surface area contributed by atoms with Gasteiger partial charge in [-0.15, -0.1) is 46.7 Å². The van der Waals surface area contributed by atoms with Gasteiger partial charge in [0.05, 0.1) is 37.1 Å². The normalized spacial score (nSPS) is 18.2. The number of hydrogen-bond acceptors (Lipinski definition) is 16. The van der Waals surface area contributed by atoms with Crippen LogP contribution in [0.3, 0.4) is 0 Å². The highest BCUT2D eigenvalue weighted by molar-refractivity contribution is 7.91. The third kappa shape index (κ3) is 17.1. The van der Waals surface area contributed by atoms with Crippen molar-refractivity contribution in [3.05, 3.63) is 128 Å². The maximum absolute atomic E-state index is 11.6. The van der Waals surface area contributed by atoms with Gasteiger partial charge in [-0.25, -0.2) is 46.7 Å². The second-order valence-corrected chi connectivity index (χ2v) is 22.8. The Bertz CT molecular complexity index is 2640. The monoisotopic (exact) mass is 1040 g/mol. The molecule has 0 spiro atoms. The van der Waals surface area contributed by atoms with Gasteiger partial charge < -0.3 is 20.5 Å². The van der Waals surface area contributed by atoms with Gasteiger partial charge in [-0.3, -0.25) is 0 Å². The summed E-state index contributed by atoms with van der Waals surface area (Å²) in [6.45, 7) is 5.97. The second kappa shape index (κ2) is 26.7. The van der Waals surface area contributed by atoms with E-state index in [2.05, 4.69) is 54.8 Å². The molecule has 0 amide bonds. The summed E-state index contributed by atoms with van der Waals surface area (Å²) >= 11 is 9.29. The highest BCUT2D eigenvalue weighted by atomic mass is 35.5. The molecule has 6 aromatic rings. The van der Waals surface area contributed by atoms with Crippen LogP contribution in [0.4, 0.5) is 0 Å². The van der Waals surface area contributed by atoms with Crippen LogP contribution < -0.4 is 20.5 Å². The van der Waals surface area contributed by atoms with Gasteiger partial charge in [0.2, 0.25) is 0 Å². The standard InChI is InChI=1S/C24H30N4O3S2.C16H20ClN3OS.C8H11NO2S.ClH/c1-3-17-13-26-24(27-14-17)31-21-8-6-19(7-9-21)23-28-20(16-32-23)15-25-12-18-4-10-22(11-5-18)33(2,29)30;1-2-11-8-18-16(19-9-11)21-14-5-3-12(4-6-14)15-20-13(7-17)10-22-15;1-12(10,11)8-4-2-7(6-9)3-5-8;/h4-5,10-11,13-14,16,19,21,25H,3,6-9,12,15H2,1-2H3;8-10,12,14H,2-7H2,1H3;2-5H,6,9H2,1H3;1H. The first kappa shape index (κ1) is 54.8. The number of hydrogen-bond donors (Lipinski definition) is 2. The van der Waals surface area contributed by atoms with Crippen LogP contribution in [-0.4, -0.2) is 71.5 Å². The fourth-order valence-corrected chi connectivity index (χ4v) is 11.0. The Hall–Kier alpha value is -4.14. The van der Waals surface area contributed by atoms with E-state index >= 15 is 0 Å². The van der Waals surface area contributed by atoms with Crippen LogP contribution in [0.15, 0.2) is 93.9 Å². The number of aromatic nitrogens is 6. The van der Waals surface area contributed by atoms with Crippen molar-refractivity contribution in [2.75, 3.05) is 12.5 Å². The van der Waals surface area contributed by atoms with E-state index < -0.39 is 19.7 Å². The van der Waals surface area contributed by atoms with Crippen LogP contribution in [0.1, 0.15) is 121 Å². The SMILES string of the molecule is CCc1cnc(OC2CCC(c3nc(CCl)cs3)CC2)nc1.CCc1cnc(OC2CCC(c3nc(CNCc4ccc(S(C)(=O)=O)cc4)cs3)CC2)nc1.CS(=O)(=O)c1ccc(CN)cc1.Cl. The van der Waals surface area contributed by atoms with Crippen LogP contribution in [0.2, 0.25) is 0 Å². The molecule has 20 heteroatoms. The van der Waals surface area contributed by atoms with Crippen molar-refractivity contribution in [2.45, 2.75) is 137 Å². The number of ether oxygens (including phenoxy) is 2. The average molecular weight is 1050 g/mol. The Labute approximate surface area is 420 Å². The van der Waals surface area contributed by atoms with Gasteiger partial charge in [-0.05, 0) is 111 Å².